The lowest BCUT2D eigenvalue weighted by molar-refractivity contribution is 0.766. The second kappa shape index (κ2) is 4.97. The number of aryl methyl sites for hydroxylation is 2. The number of halogens is 1. The third-order valence-corrected chi connectivity index (χ3v) is 3.21. The SMILES string of the molecule is CCc1nc(Br)cc(Sc2cnn(C)c2)n1. The lowest BCUT2D eigenvalue weighted by atomic mass is 10.4. The molecular weight excluding hydrogens is 288 g/mol. The van der Waals surface area contributed by atoms with Gasteiger partial charge < -0.3 is 0 Å². The molecule has 0 radical (unpaired) electrons. The predicted octanol–water partition coefficient (Wildman–Crippen LogP) is 2.69. The minimum atomic E-state index is 0.825. The molecule has 0 fully saturated rings. The van der Waals surface area contributed by atoms with E-state index in [9.17, 15) is 0 Å². The minimum absolute atomic E-state index is 0.825. The number of hydrogen-bond acceptors (Lipinski definition) is 4. The fourth-order valence-corrected chi connectivity index (χ4v) is 2.67. The zero-order chi connectivity index (χ0) is 11.5. The van der Waals surface area contributed by atoms with Crippen LogP contribution < -0.4 is 0 Å². The minimum Gasteiger partial charge on any atom is -0.275 e. The van der Waals surface area contributed by atoms with Gasteiger partial charge in [-0.1, -0.05) is 18.7 Å². The maximum Gasteiger partial charge on any atom is 0.130 e. The van der Waals surface area contributed by atoms with Gasteiger partial charge in [-0.3, -0.25) is 4.68 Å². The summed E-state index contributed by atoms with van der Waals surface area (Å²) in [5, 5.41) is 5.06. The summed E-state index contributed by atoms with van der Waals surface area (Å²) in [5.41, 5.74) is 0. The van der Waals surface area contributed by atoms with Crippen LogP contribution in [0.15, 0.2) is 33.0 Å². The van der Waals surface area contributed by atoms with Crippen molar-refractivity contribution in [2.75, 3.05) is 0 Å². The maximum absolute atomic E-state index is 4.44. The molecule has 0 aromatic carbocycles. The van der Waals surface area contributed by atoms with Crippen molar-refractivity contribution < 1.29 is 0 Å². The Morgan fingerprint density at radius 2 is 2.25 bits per heavy atom. The normalized spacial score (nSPS) is 10.7. The molecular formula is C10H11BrN4S. The van der Waals surface area contributed by atoms with Gasteiger partial charge in [0.1, 0.15) is 15.5 Å². The summed E-state index contributed by atoms with van der Waals surface area (Å²) < 4.78 is 2.60. The van der Waals surface area contributed by atoms with Crippen molar-refractivity contribution >= 4 is 27.7 Å². The summed E-state index contributed by atoms with van der Waals surface area (Å²) >= 11 is 4.97. The topological polar surface area (TPSA) is 43.6 Å². The Hall–Kier alpha value is -0.880. The van der Waals surface area contributed by atoms with E-state index in [1.54, 1.807) is 16.4 Å². The van der Waals surface area contributed by atoms with Crippen LogP contribution in [0.25, 0.3) is 0 Å². The number of aromatic nitrogens is 4. The molecule has 0 saturated carbocycles. The zero-order valence-electron chi connectivity index (χ0n) is 9.01. The molecule has 0 aliphatic heterocycles. The largest absolute Gasteiger partial charge is 0.275 e. The molecule has 16 heavy (non-hydrogen) atoms. The molecule has 4 nitrogen and oxygen atoms in total. The molecule has 2 heterocycles. The van der Waals surface area contributed by atoms with Crippen LogP contribution in [0.5, 0.6) is 0 Å². The highest BCUT2D eigenvalue weighted by Crippen LogP contribution is 2.26. The second-order valence-corrected chi connectivity index (χ2v) is 5.16. The second-order valence-electron chi connectivity index (χ2n) is 3.25. The van der Waals surface area contributed by atoms with Crippen molar-refractivity contribution in [3.8, 4) is 0 Å². The average Bonchev–Trinajstić information content (AvgIpc) is 2.63. The van der Waals surface area contributed by atoms with Gasteiger partial charge in [0.15, 0.2) is 0 Å². The monoisotopic (exact) mass is 298 g/mol. The summed E-state index contributed by atoms with van der Waals surface area (Å²) in [6.45, 7) is 2.04. The van der Waals surface area contributed by atoms with Crippen LogP contribution in [-0.4, -0.2) is 19.7 Å². The van der Waals surface area contributed by atoms with E-state index in [4.69, 9.17) is 0 Å². The zero-order valence-corrected chi connectivity index (χ0v) is 11.4. The van der Waals surface area contributed by atoms with Crippen molar-refractivity contribution in [2.45, 2.75) is 23.3 Å². The van der Waals surface area contributed by atoms with Gasteiger partial charge in [-0.2, -0.15) is 5.10 Å². The van der Waals surface area contributed by atoms with E-state index in [0.29, 0.717) is 0 Å². The van der Waals surface area contributed by atoms with Crippen LogP contribution in [0.2, 0.25) is 0 Å². The summed E-state index contributed by atoms with van der Waals surface area (Å²) in [5.74, 6) is 0.848. The van der Waals surface area contributed by atoms with E-state index >= 15 is 0 Å². The molecule has 0 atom stereocenters. The van der Waals surface area contributed by atoms with Gasteiger partial charge in [0.2, 0.25) is 0 Å². The molecule has 0 N–H and O–H groups in total. The van der Waals surface area contributed by atoms with E-state index in [1.165, 1.54) is 0 Å². The summed E-state index contributed by atoms with van der Waals surface area (Å²) in [4.78, 5) is 9.79. The van der Waals surface area contributed by atoms with Crippen LogP contribution in [-0.2, 0) is 13.5 Å². The number of hydrogen-bond donors (Lipinski definition) is 0. The Labute approximate surface area is 107 Å². The Morgan fingerprint density at radius 3 is 2.88 bits per heavy atom. The average molecular weight is 299 g/mol. The van der Waals surface area contributed by atoms with Crippen LogP contribution in [0.1, 0.15) is 12.7 Å². The van der Waals surface area contributed by atoms with E-state index in [0.717, 1.165) is 26.8 Å². The molecule has 0 bridgehead atoms. The van der Waals surface area contributed by atoms with Crippen LogP contribution in [0, 0.1) is 0 Å². The maximum atomic E-state index is 4.44. The van der Waals surface area contributed by atoms with Crippen LogP contribution in [0.3, 0.4) is 0 Å². The summed E-state index contributed by atoms with van der Waals surface area (Å²) in [7, 11) is 1.90. The van der Waals surface area contributed by atoms with E-state index in [-0.39, 0.29) is 0 Å². The first-order valence-electron chi connectivity index (χ1n) is 4.87. The highest BCUT2D eigenvalue weighted by molar-refractivity contribution is 9.10. The van der Waals surface area contributed by atoms with Crippen LogP contribution >= 0.6 is 27.7 Å². The number of nitrogens with zero attached hydrogens (tertiary/aromatic N) is 4. The van der Waals surface area contributed by atoms with Crippen LogP contribution in [0.4, 0.5) is 0 Å². The van der Waals surface area contributed by atoms with Gasteiger partial charge in [-0.15, -0.1) is 0 Å². The molecule has 84 valence electrons. The lowest BCUT2D eigenvalue weighted by Crippen LogP contribution is -1.94. The highest BCUT2D eigenvalue weighted by atomic mass is 79.9. The Kier molecular flexibility index (Phi) is 3.60. The first-order chi connectivity index (χ1) is 7.67. The molecule has 0 aliphatic rings. The third-order valence-electron chi connectivity index (χ3n) is 1.94. The van der Waals surface area contributed by atoms with E-state index in [2.05, 4.69) is 31.0 Å². The lowest BCUT2D eigenvalue weighted by Gasteiger charge is -2.01. The standard InChI is InChI=1S/C10H11BrN4S/c1-3-9-13-8(11)4-10(14-9)16-7-5-12-15(2)6-7/h4-6H,3H2,1-2H3. The summed E-state index contributed by atoms with van der Waals surface area (Å²) in [6.07, 6.45) is 4.62. The molecule has 0 spiro atoms. The molecule has 6 heteroatoms. The summed E-state index contributed by atoms with van der Waals surface area (Å²) in [6, 6.07) is 1.91. The molecule has 0 aliphatic carbocycles. The highest BCUT2D eigenvalue weighted by Gasteiger charge is 2.05. The molecule has 2 aromatic heterocycles. The number of rotatable bonds is 3. The first-order valence-corrected chi connectivity index (χ1v) is 6.48. The quantitative estimate of drug-likeness (QED) is 0.817. The molecule has 0 saturated heterocycles. The Morgan fingerprint density at radius 1 is 1.44 bits per heavy atom. The molecule has 2 aromatic rings. The van der Waals surface area contributed by atoms with Crippen molar-refractivity contribution in [1.29, 1.82) is 0 Å². The van der Waals surface area contributed by atoms with Gasteiger partial charge >= 0.3 is 0 Å². The van der Waals surface area contributed by atoms with Crippen molar-refractivity contribution in [3.63, 3.8) is 0 Å². The Balaban J connectivity index is 2.24. The fourth-order valence-electron chi connectivity index (χ4n) is 1.22. The Bertz CT molecular complexity index is 497. The van der Waals surface area contributed by atoms with Gasteiger partial charge in [0.05, 0.1) is 11.1 Å². The first kappa shape index (κ1) is 11.6. The smallest absolute Gasteiger partial charge is 0.130 e. The molecule has 0 unspecified atom stereocenters. The fraction of sp³-hybridized carbons (Fsp3) is 0.300. The molecule has 0 amide bonds. The van der Waals surface area contributed by atoms with Crippen molar-refractivity contribution in [2.24, 2.45) is 7.05 Å². The third kappa shape index (κ3) is 2.82. The molecule has 2 rings (SSSR count). The van der Waals surface area contributed by atoms with Gasteiger partial charge in [-0.25, -0.2) is 9.97 Å². The van der Waals surface area contributed by atoms with E-state index in [1.807, 2.05) is 32.4 Å². The predicted molar refractivity (Wildman–Crippen MR) is 66.4 cm³/mol. The van der Waals surface area contributed by atoms with Gasteiger partial charge in [-0.05, 0) is 15.9 Å². The van der Waals surface area contributed by atoms with Gasteiger partial charge in [0.25, 0.3) is 0 Å². The van der Waals surface area contributed by atoms with Crippen molar-refractivity contribution in [1.82, 2.24) is 19.7 Å². The van der Waals surface area contributed by atoms with E-state index < -0.39 is 0 Å². The van der Waals surface area contributed by atoms with Gasteiger partial charge in [0, 0.05) is 25.7 Å². The van der Waals surface area contributed by atoms with Crippen molar-refractivity contribution in [3.05, 3.63) is 28.9 Å².